The van der Waals surface area contributed by atoms with Gasteiger partial charge < -0.3 is 14.8 Å². The Morgan fingerprint density at radius 3 is 2.86 bits per heavy atom. The summed E-state index contributed by atoms with van der Waals surface area (Å²) in [4.78, 5) is 27.3. The second kappa shape index (κ2) is 6.36. The minimum atomic E-state index is -0.993. The van der Waals surface area contributed by atoms with Gasteiger partial charge >= 0.3 is 5.97 Å². The standard InChI is InChI=1S/C14H14N2O4S/c1-8-13(20-9(2)16-8)14(19)15-6-11-5-10(7-21-11)3-4-12(17)18/h3-5,7H,6H2,1-2H3,(H,15,19)(H,17,18)/b4-3+. The van der Waals surface area contributed by atoms with Crippen molar-refractivity contribution in [3.63, 3.8) is 0 Å². The van der Waals surface area contributed by atoms with Gasteiger partial charge in [-0.3, -0.25) is 4.79 Å². The highest BCUT2D eigenvalue weighted by molar-refractivity contribution is 7.10. The van der Waals surface area contributed by atoms with E-state index in [1.165, 1.54) is 17.4 Å². The van der Waals surface area contributed by atoms with E-state index >= 15 is 0 Å². The minimum Gasteiger partial charge on any atom is -0.478 e. The second-order valence-corrected chi connectivity index (χ2v) is 5.34. The second-order valence-electron chi connectivity index (χ2n) is 4.35. The predicted molar refractivity (Wildman–Crippen MR) is 78.1 cm³/mol. The number of amides is 1. The first-order valence-corrected chi connectivity index (χ1v) is 7.04. The molecule has 110 valence electrons. The van der Waals surface area contributed by atoms with E-state index in [4.69, 9.17) is 9.52 Å². The van der Waals surface area contributed by atoms with Crippen LogP contribution in [0.1, 0.15) is 32.6 Å². The number of rotatable bonds is 5. The van der Waals surface area contributed by atoms with Crippen molar-refractivity contribution in [2.75, 3.05) is 0 Å². The van der Waals surface area contributed by atoms with Crippen molar-refractivity contribution < 1.29 is 19.1 Å². The van der Waals surface area contributed by atoms with Crippen LogP contribution in [0.4, 0.5) is 0 Å². The summed E-state index contributed by atoms with van der Waals surface area (Å²) in [6.07, 6.45) is 2.58. The average Bonchev–Trinajstić information content (AvgIpc) is 3.00. The van der Waals surface area contributed by atoms with Crippen LogP contribution in [0, 0.1) is 13.8 Å². The number of aliphatic carboxylic acids is 1. The van der Waals surface area contributed by atoms with E-state index in [0.717, 1.165) is 16.5 Å². The Hall–Kier alpha value is -2.41. The lowest BCUT2D eigenvalue weighted by molar-refractivity contribution is -0.131. The maximum atomic E-state index is 11.9. The molecule has 0 unspecified atom stereocenters. The summed E-state index contributed by atoms with van der Waals surface area (Å²) in [6, 6.07) is 1.82. The molecule has 2 rings (SSSR count). The molecule has 2 aromatic heterocycles. The number of nitrogens with zero attached hydrogens (tertiary/aromatic N) is 1. The Balaban J connectivity index is 1.95. The van der Waals surface area contributed by atoms with Gasteiger partial charge in [-0.2, -0.15) is 0 Å². The normalized spacial score (nSPS) is 11.0. The molecule has 1 amide bonds. The number of carboxylic acid groups (broad SMARTS) is 1. The molecule has 7 heteroatoms. The smallest absolute Gasteiger partial charge is 0.328 e. The third-order valence-corrected chi connectivity index (χ3v) is 3.58. The lowest BCUT2D eigenvalue weighted by Gasteiger charge is -2.00. The predicted octanol–water partition coefficient (Wildman–Crippen LogP) is 2.38. The Labute approximate surface area is 125 Å². The van der Waals surface area contributed by atoms with Gasteiger partial charge in [-0.25, -0.2) is 9.78 Å². The van der Waals surface area contributed by atoms with E-state index in [2.05, 4.69) is 10.3 Å². The highest BCUT2D eigenvalue weighted by atomic mass is 32.1. The molecule has 6 nitrogen and oxygen atoms in total. The van der Waals surface area contributed by atoms with Gasteiger partial charge in [0, 0.05) is 17.9 Å². The summed E-state index contributed by atoms with van der Waals surface area (Å²) in [5.74, 6) is -0.638. The number of aryl methyl sites for hydroxylation is 2. The number of thiophene rings is 1. The van der Waals surface area contributed by atoms with Crippen LogP contribution in [-0.2, 0) is 11.3 Å². The van der Waals surface area contributed by atoms with E-state index in [1.807, 2.05) is 11.4 Å². The fourth-order valence-corrected chi connectivity index (χ4v) is 2.53. The fourth-order valence-electron chi connectivity index (χ4n) is 1.73. The molecular formula is C14H14N2O4S. The van der Waals surface area contributed by atoms with E-state index in [9.17, 15) is 9.59 Å². The molecule has 0 fully saturated rings. The monoisotopic (exact) mass is 306 g/mol. The number of carbonyl (C=O) groups is 2. The van der Waals surface area contributed by atoms with Gasteiger partial charge in [0.1, 0.15) is 0 Å². The lowest BCUT2D eigenvalue weighted by Crippen LogP contribution is -2.22. The van der Waals surface area contributed by atoms with Crippen molar-refractivity contribution in [2.45, 2.75) is 20.4 Å². The van der Waals surface area contributed by atoms with Crippen molar-refractivity contribution in [2.24, 2.45) is 0 Å². The van der Waals surface area contributed by atoms with Crippen molar-refractivity contribution in [1.29, 1.82) is 0 Å². The first kappa shape index (κ1) is 15.0. The quantitative estimate of drug-likeness (QED) is 0.827. The highest BCUT2D eigenvalue weighted by Crippen LogP contribution is 2.16. The molecule has 0 bridgehead atoms. The Morgan fingerprint density at radius 1 is 1.48 bits per heavy atom. The number of hydrogen-bond acceptors (Lipinski definition) is 5. The number of carbonyl (C=O) groups excluding carboxylic acids is 1. The van der Waals surface area contributed by atoms with Crippen LogP contribution in [-0.4, -0.2) is 22.0 Å². The third-order valence-electron chi connectivity index (χ3n) is 2.63. The SMILES string of the molecule is Cc1nc(C)c(C(=O)NCc2cc(/C=C/C(=O)O)cs2)o1. The molecule has 2 heterocycles. The molecule has 0 spiro atoms. The highest BCUT2D eigenvalue weighted by Gasteiger charge is 2.15. The topological polar surface area (TPSA) is 92.4 Å². The third kappa shape index (κ3) is 4.03. The van der Waals surface area contributed by atoms with E-state index in [0.29, 0.717) is 18.1 Å². The van der Waals surface area contributed by atoms with Crippen molar-refractivity contribution in [3.8, 4) is 0 Å². The maximum Gasteiger partial charge on any atom is 0.328 e. The molecule has 0 aromatic carbocycles. The van der Waals surface area contributed by atoms with Crippen LogP contribution in [0.15, 0.2) is 21.9 Å². The number of aromatic nitrogens is 1. The van der Waals surface area contributed by atoms with Crippen LogP contribution >= 0.6 is 11.3 Å². The Morgan fingerprint density at radius 2 is 2.24 bits per heavy atom. The first-order chi connectivity index (χ1) is 9.95. The van der Waals surface area contributed by atoms with E-state index < -0.39 is 5.97 Å². The molecule has 0 radical (unpaired) electrons. The molecule has 0 aliphatic heterocycles. The number of carboxylic acids is 1. The van der Waals surface area contributed by atoms with Crippen LogP contribution in [0.5, 0.6) is 0 Å². The average molecular weight is 306 g/mol. The summed E-state index contributed by atoms with van der Waals surface area (Å²) in [6.45, 7) is 3.75. The zero-order chi connectivity index (χ0) is 15.4. The number of hydrogen-bond donors (Lipinski definition) is 2. The zero-order valence-corrected chi connectivity index (χ0v) is 12.4. The summed E-state index contributed by atoms with van der Waals surface area (Å²) in [5.41, 5.74) is 1.35. The summed E-state index contributed by atoms with van der Waals surface area (Å²) in [7, 11) is 0. The van der Waals surface area contributed by atoms with Crippen LogP contribution in [0.3, 0.4) is 0 Å². The van der Waals surface area contributed by atoms with E-state index in [1.54, 1.807) is 13.8 Å². The van der Waals surface area contributed by atoms with Crippen molar-refractivity contribution >= 4 is 29.3 Å². The van der Waals surface area contributed by atoms with Gasteiger partial charge in [-0.15, -0.1) is 11.3 Å². The summed E-state index contributed by atoms with van der Waals surface area (Å²) >= 11 is 1.44. The van der Waals surface area contributed by atoms with Gasteiger partial charge in [-0.05, 0) is 30.0 Å². The van der Waals surface area contributed by atoms with Crippen molar-refractivity contribution in [1.82, 2.24) is 10.3 Å². The molecule has 0 aliphatic carbocycles. The molecule has 21 heavy (non-hydrogen) atoms. The van der Waals surface area contributed by atoms with Crippen LogP contribution in [0.2, 0.25) is 0 Å². The molecular weight excluding hydrogens is 292 g/mol. The molecule has 2 N–H and O–H groups in total. The van der Waals surface area contributed by atoms with Crippen molar-refractivity contribution in [3.05, 3.63) is 45.3 Å². The molecule has 0 saturated carbocycles. The van der Waals surface area contributed by atoms with Crippen LogP contribution in [0.25, 0.3) is 6.08 Å². The van der Waals surface area contributed by atoms with Gasteiger partial charge in [0.05, 0.1) is 12.2 Å². The molecule has 0 atom stereocenters. The zero-order valence-electron chi connectivity index (χ0n) is 11.5. The minimum absolute atomic E-state index is 0.218. The summed E-state index contributed by atoms with van der Waals surface area (Å²) < 4.78 is 5.24. The van der Waals surface area contributed by atoms with E-state index in [-0.39, 0.29) is 11.7 Å². The summed E-state index contributed by atoms with van der Waals surface area (Å²) in [5, 5.41) is 13.1. The first-order valence-electron chi connectivity index (χ1n) is 6.16. The van der Waals surface area contributed by atoms with Gasteiger partial charge in [0.15, 0.2) is 5.89 Å². The molecule has 0 aliphatic rings. The number of nitrogens with one attached hydrogen (secondary N) is 1. The van der Waals surface area contributed by atoms with Gasteiger partial charge in [0.25, 0.3) is 5.91 Å². The van der Waals surface area contributed by atoms with Gasteiger partial charge in [0.2, 0.25) is 5.76 Å². The fraction of sp³-hybridized carbons (Fsp3) is 0.214. The van der Waals surface area contributed by atoms with Crippen LogP contribution < -0.4 is 5.32 Å². The molecule has 2 aromatic rings. The largest absolute Gasteiger partial charge is 0.478 e. The Kier molecular flexibility index (Phi) is 4.54. The maximum absolute atomic E-state index is 11.9. The molecule has 0 saturated heterocycles. The number of oxazole rings is 1. The van der Waals surface area contributed by atoms with Gasteiger partial charge in [-0.1, -0.05) is 0 Å². The lowest BCUT2D eigenvalue weighted by atomic mass is 10.3. The Bertz CT molecular complexity index is 700.